The molecule has 0 aliphatic carbocycles. The molecule has 174 valence electrons. The average Bonchev–Trinajstić information content (AvgIpc) is 2.78. The molecule has 0 aromatic heterocycles. The van der Waals surface area contributed by atoms with Gasteiger partial charge in [-0.05, 0) is 38.0 Å². The van der Waals surface area contributed by atoms with Crippen LogP contribution in [0.15, 0.2) is 48.5 Å². The van der Waals surface area contributed by atoms with E-state index >= 15 is 0 Å². The summed E-state index contributed by atoms with van der Waals surface area (Å²) in [6.07, 6.45) is 3.32. The Bertz CT molecular complexity index is 1070. The van der Waals surface area contributed by atoms with Crippen molar-refractivity contribution in [1.82, 2.24) is 5.32 Å². The maximum absolute atomic E-state index is 13.3. The molecule has 1 amide bonds. The molecular formula is C24H32N2O5S. The first-order chi connectivity index (χ1) is 15.1. The molecule has 0 saturated carbocycles. The van der Waals surface area contributed by atoms with E-state index in [1.807, 2.05) is 24.3 Å². The number of carbonyl (C=O) groups excluding carboxylic acids is 1. The van der Waals surface area contributed by atoms with E-state index in [2.05, 4.69) is 19.2 Å². The third-order valence-electron chi connectivity index (χ3n) is 6.20. The van der Waals surface area contributed by atoms with Gasteiger partial charge in [-0.25, -0.2) is 8.42 Å². The number of nitrogens with one attached hydrogen (secondary N) is 1. The Balaban J connectivity index is 1.92. The second-order valence-electron chi connectivity index (χ2n) is 8.23. The van der Waals surface area contributed by atoms with Crippen LogP contribution in [-0.4, -0.2) is 39.3 Å². The first-order valence-electron chi connectivity index (χ1n) is 10.9. The summed E-state index contributed by atoms with van der Waals surface area (Å²) in [7, 11) is -2.22. The predicted molar refractivity (Wildman–Crippen MR) is 126 cm³/mol. The zero-order valence-corrected chi connectivity index (χ0v) is 20.1. The number of fused-ring (bicyclic) bond motifs is 1. The first-order valence-corrected chi connectivity index (χ1v) is 12.7. The van der Waals surface area contributed by atoms with Gasteiger partial charge in [0.25, 0.3) is 0 Å². The van der Waals surface area contributed by atoms with E-state index in [-0.39, 0.29) is 17.6 Å². The number of carbonyl (C=O) groups is 1. The van der Waals surface area contributed by atoms with E-state index in [1.165, 1.54) is 7.11 Å². The Labute approximate surface area is 190 Å². The fraction of sp³-hybridized carbons (Fsp3) is 0.458. The summed E-state index contributed by atoms with van der Waals surface area (Å²) in [6, 6.07) is 13.1. The van der Waals surface area contributed by atoms with Crippen molar-refractivity contribution in [2.75, 3.05) is 17.7 Å². The fourth-order valence-corrected chi connectivity index (χ4v) is 5.45. The molecule has 0 saturated heterocycles. The van der Waals surface area contributed by atoms with Gasteiger partial charge in [-0.1, -0.05) is 38.1 Å². The molecule has 1 aliphatic heterocycles. The molecule has 0 spiro atoms. The molecule has 32 heavy (non-hydrogen) atoms. The standard InChI is InChI=1S/C24H32N2O5S/c1-6-24(7-2)16-21(20-13-8-9-14-22(20)31-24)25-23(27)17(3)26(32(5,28)29)18-11-10-12-19(15-18)30-4/h8-15,17,21H,6-7,16H2,1-5H3,(H,25,27)/t17-,21+/m0/s1. The molecule has 2 aromatic rings. The van der Waals surface area contributed by atoms with Crippen molar-refractivity contribution in [3.8, 4) is 11.5 Å². The summed E-state index contributed by atoms with van der Waals surface area (Å²) in [5.41, 5.74) is 0.898. The number of benzene rings is 2. The van der Waals surface area contributed by atoms with Gasteiger partial charge in [-0.2, -0.15) is 0 Å². The number of nitrogens with zero attached hydrogens (tertiary/aromatic N) is 1. The fourth-order valence-electron chi connectivity index (χ4n) is 4.28. The number of ether oxygens (including phenoxy) is 2. The number of rotatable bonds is 8. The molecule has 0 unspecified atom stereocenters. The van der Waals surface area contributed by atoms with Gasteiger partial charge in [0, 0.05) is 18.1 Å². The quantitative estimate of drug-likeness (QED) is 0.642. The van der Waals surface area contributed by atoms with Crippen LogP contribution in [0.25, 0.3) is 0 Å². The van der Waals surface area contributed by atoms with E-state index in [0.29, 0.717) is 17.9 Å². The third kappa shape index (κ3) is 4.85. The lowest BCUT2D eigenvalue weighted by Gasteiger charge is -2.42. The van der Waals surface area contributed by atoms with Gasteiger partial charge in [0.1, 0.15) is 23.1 Å². The van der Waals surface area contributed by atoms with E-state index in [4.69, 9.17) is 9.47 Å². The van der Waals surface area contributed by atoms with Crippen molar-refractivity contribution in [1.29, 1.82) is 0 Å². The topological polar surface area (TPSA) is 84.9 Å². The molecule has 1 aliphatic rings. The van der Waals surface area contributed by atoms with Crippen molar-refractivity contribution in [2.24, 2.45) is 0 Å². The molecule has 0 radical (unpaired) electrons. The molecule has 7 nitrogen and oxygen atoms in total. The second kappa shape index (κ2) is 9.40. The summed E-state index contributed by atoms with van der Waals surface area (Å²) >= 11 is 0. The van der Waals surface area contributed by atoms with Crippen molar-refractivity contribution in [2.45, 2.75) is 57.7 Å². The van der Waals surface area contributed by atoms with Gasteiger partial charge in [0.2, 0.25) is 15.9 Å². The Morgan fingerprint density at radius 1 is 1.22 bits per heavy atom. The highest BCUT2D eigenvalue weighted by Gasteiger charge is 2.40. The maximum Gasteiger partial charge on any atom is 0.244 e. The van der Waals surface area contributed by atoms with Crippen molar-refractivity contribution < 1.29 is 22.7 Å². The first kappa shape index (κ1) is 23.9. The molecule has 8 heteroatoms. The smallest absolute Gasteiger partial charge is 0.244 e. The van der Waals surface area contributed by atoms with Crippen molar-refractivity contribution >= 4 is 21.6 Å². The highest BCUT2D eigenvalue weighted by Crippen LogP contribution is 2.42. The molecule has 0 fully saturated rings. The van der Waals surface area contributed by atoms with E-state index in [0.717, 1.165) is 34.7 Å². The van der Waals surface area contributed by atoms with Gasteiger partial charge in [-0.3, -0.25) is 9.10 Å². The Kier molecular flexibility index (Phi) is 7.03. The normalized spacial score (nSPS) is 18.1. The highest BCUT2D eigenvalue weighted by molar-refractivity contribution is 7.92. The van der Waals surface area contributed by atoms with Gasteiger partial charge >= 0.3 is 0 Å². The molecule has 2 aromatic carbocycles. The van der Waals surface area contributed by atoms with Crippen LogP contribution in [0.4, 0.5) is 5.69 Å². The number of anilines is 1. The third-order valence-corrected chi connectivity index (χ3v) is 7.44. The molecule has 2 atom stereocenters. The lowest BCUT2D eigenvalue weighted by Crippen LogP contribution is -2.51. The van der Waals surface area contributed by atoms with Crippen LogP contribution in [0.5, 0.6) is 11.5 Å². The van der Waals surface area contributed by atoms with E-state index in [9.17, 15) is 13.2 Å². The minimum Gasteiger partial charge on any atom is -0.497 e. The van der Waals surface area contributed by atoms with Gasteiger partial charge in [0.05, 0.1) is 25.1 Å². The minimum atomic E-state index is -3.73. The molecule has 1 N–H and O–H groups in total. The van der Waals surface area contributed by atoms with Crippen LogP contribution in [0.2, 0.25) is 0 Å². The molecule has 3 rings (SSSR count). The van der Waals surface area contributed by atoms with Gasteiger partial charge in [-0.15, -0.1) is 0 Å². The Morgan fingerprint density at radius 3 is 2.53 bits per heavy atom. The number of methoxy groups -OCH3 is 1. The number of sulfonamides is 1. The number of para-hydroxylation sites is 1. The van der Waals surface area contributed by atoms with E-state index < -0.39 is 16.1 Å². The molecule has 1 heterocycles. The zero-order chi connectivity index (χ0) is 23.5. The van der Waals surface area contributed by atoms with Crippen LogP contribution < -0.4 is 19.1 Å². The number of amides is 1. The summed E-state index contributed by atoms with van der Waals surface area (Å²) in [5.74, 6) is 0.895. The molecule has 0 bridgehead atoms. The van der Waals surface area contributed by atoms with Crippen LogP contribution >= 0.6 is 0 Å². The van der Waals surface area contributed by atoms with Crippen LogP contribution in [0.1, 0.15) is 51.6 Å². The highest BCUT2D eigenvalue weighted by atomic mass is 32.2. The SMILES string of the molecule is CCC1(CC)C[C@@H](NC(=O)[C@H](C)N(c2cccc(OC)c2)S(C)(=O)=O)c2ccccc2O1. The second-order valence-corrected chi connectivity index (χ2v) is 10.1. The molecular weight excluding hydrogens is 428 g/mol. The zero-order valence-electron chi connectivity index (χ0n) is 19.3. The van der Waals surface area contributed by atoms with Gasteiger partial charge in [0.15, 0.2) is 0 Å². The number of hydrogen-bond donors (Lipinski definition) is 1. The van der Waals surface area contributed by atoms with Crippen molar-refractivity contribution in [3.05, 3.63) is 54.1 Å². The summed E-state index contributed by atoms with van der Waals surface area (Å²) in [6.45, 7) is 5.74. The minimum absolute atomic E-state index is 0.276. The summed E-state index contributed by atoms with van der Waals surface area (Å²) in [4.78, 5) is 13.3. The van der Waals surface area contributed by atoms with Gasteiger partial charge < -0.3 is 14.8 Å². The summed E-state index contributed by atoms with van der Waals surface area (Å²) < 4.78 is 38.0. The van der Waals surface area contributed by atoms with Crippen LogP contribution in [0.3, 0.4) is 0 Å². The number of hydrogen-bond acceptors (Lipinski definition) is 5. The van der Waals surface area contributed by atoms with E-state index in [1.54, 1.807) is 31.2 Å². The lowest BCUT2D eigenvalue weighted by atomic mass is 9.83. The Morgan fingerprint density at radius 2 is 1.91 bits per heavy atom. The van der Waals surface area contributed by atoms with Crippen LogP contribution in [0, 0.1) is 0 Å². The Hall–Kier alpha value is -2.74. The van der Waals surface area contributed by atoms with Crippen molar-refractivity contribution in [3.63, 3.8) is 0 Å². The largest absolute Gasteiger partial charge is 0.497 e. The maximum atomic E-state index is 13.3. The summed E-state index contributed by atoms with van der Waals surface area (Å²) in [5, 5.41) is 3.09. The predicted octanol–water partition coefficient (Wildman–Crippen LogP) is 4.05. The monoisotopic (exact) mass is 460 g/mol. The van der Waals surface area contributed by atoms with Crippen LogP contribution in [-0.2, 0) is 14.8 Å². The average molecular weight is 461 g/mol. The lowest BCUT2D eigenvalue weighted by molar-refractivity contribution is -0.123.